The molecule has 5 nitrogen and oxygen atoms in total. The number of nitrogens with zero attached hydrogens (tertiary/aromatic N) is 3. The molecule has 1 atom stereocenters. The number of aromatic nitrogens is 2. The Bertz CT molecular complexity index is 372. The number of anilines is 2. The highest BCUT2D eigenvalue weighted by molar-refractivity contribution is 5.39. The smallest absolute Gasteiger partial charge is 0.147 e. The van der Waals surface area contributed by atoms with E-state index in [0.29, 0.717) is 11.9 Å². The van der Waals surface area contributed by atoms with Crippen molar-refractivity contribution in [2.75, 3.05) is 30.7 Å². The summed E-state index contributed by atoms with van der Waals surface area (Å²) in [5.74, 6) is 2.07. The van der Waals surface area contributed by atoms with Crippen LogP contribution in [-0.2, 0) is 0 Å². The van der Waals surface area contributed by atoms with Gasteiger partial charge in [-0.15, -0.1) is 0 Å². The number of nitrogen functional groups attached to an aromatic ring is 1. The van der Waals surface area contributed by atoms with Crippen LogP contribution in [0.15, 0.2) is 12.4 Å². The average Bonchev–Trinajstić information content (AvgIpc) is 2.30. The average molecular weight is 219 g/mol. The van der Waals surface area contributed by atoms with Gasteiger partial charge in [0.15, 0.2) is 0 Å². The predicted molar refractivity (Wildman–Crippen MR) is 63.0 cm³/mol. The maximum Gasteiger partial charge on any atom is 0.147 e. The van der Waals surface area contributed by atoms with Crippen LogP contribution in [-0.4, -0.2) is 40.5 Å². The van der Waals surface area contributed by atoms with Crippen LogP contribution < -0.4 is 11.1 Å². The van der Waals surface area contributed by atoms with E-state index in [1.807, 2.05) is 0 Å². The van der Waals surface area contributed by atoms with Crippen molar-refractivity contribution >= 4 is 11.6 Å². The Morgan fingerprint density at radius 3 is 2.75 bits per heavy atom. The van der Waals surface area contributed by atoms with Gasteiger partial charge in [-0.2, -0.15) is 0 Å². The minimum atomic E-state index is 0.478. The van der Waals surface area contributed by atoms with Crippen LogP contribution in [0.1, 0.15) is 12.8 Å². The second-order valence-electron chi connectivity index (χ2n) is 4.72. The van der Waals surface area contributed by atoms with E-state index in [1.165, 1.54) is 25.9 Å². The molecule has 5 heteroatoms. The van der Waals surface area contributed by atoms with E-state index < -0.39 is 0 Å². The quantitative estimate of drug-likeness (QED) is 0.761. The predicted octanol–water partition coefficient (Wildman–Crippen LogP) is 0.565. The maximum atomic E-state index is 5.62. The van der Waals surface area contributed by atoms with Crippen LogP contribution in [0, 0.1) is 5.92 Å². The van der Waals surface area contributed by atoms with E-state index in [4.69, 9.17) is 5.73 Å². The number of rotatable bonds is 2. The summed E-state index contributed by atoms with van der Waals surface area (Å²) >= 11 is 0. The summed E-state index contributed by atoms with van der Waals surface area (Å²) < 4.78 is 0. The van der Waals surface area contributed by atoms with Crippen molar-refractivity contribution in [1.82, 2.24) is 14.9 Å². The van der Waals surface area contributed by atoms with Crippen molar-refractivity contribution in [3.8, 4) is 0 Å². The zero-order valence-electron chi connectivity index (χ0n) is 9.26. The van der Waals surface area contributed by atoms with E-state index in [1.54, 1.807) is 12.4 Å². The van der Waals surface area contributed by atoms with Gasteiger partial charge in [0.05, 0.1) is 12.4 Å². The summed E-state index contributed by atoms with van der Waals surface area (Å²) in [5.41, 5.74) is 5.62. The van der Waals surface area contributed by atoms with Crippen molar-refractivity contribution in [3.63, 3.8) is 0 Å². The molecule has 3 aliphatic heterocycles. The van der Waals surface area contributed by atoms with E-state index in [-0.39, 0.29) is 0 Å². The minimum absolute atomic E-state index is 0.478. The van der Waals surface area contributed by atoms with Gasteiger partial charge in [-0.25, -0.2) is 4.98 Å². The van der Waals surface area contributed by atoms with Crippen LogP contribution in [0.3, 0.4) is 0 Å². The highest BCUT2D eigenvalue weighted by atomic mass is 15.2. The number of nitrogens with two attached hydrogens (primary N) is 1. The first-order valence-corrected chi connectivity index (χ1v) is 5.88. The molecule has 86 valence electrons. The third-order valence-corrected chi connectivity index (χ3v) is 3.64. The molecular formula is C11H17N5. The number of piperidine rings is 3. The van der Waals surface area contributed by atoms with Gasteiger partial charge in [-0.1, -0.05) is 0 Å². The molecule has 0 saturated carbocycles. The zero-order valence-corrected chi connectivity index (χ0v) is 9.26. The van der Waals surface area contributed by atoms with Gasteiger partial charge in [0.2, 0.25) is 0 Å². The first-order valence-electron chi connectivity index (χ1n) is 5.88. The van der Waals surface area contributed by atoms with E-state index >= 15 is 0 Å². The van der Waals surface area contributed by atoms with Crippen LogP contribution in [0.4, 0.5) is 11.6 Å². The molecule has 3 N–H and O–H groups in total. The fraction of sp³-hybridized carbons (Fsp3) is 0.636. The van der Waals surface area contributed by atoms with Gasteiger partial charge in [0, 0.05) is 12.6 Å². The Balaban J connectivity index is 1.71. The van der Waals surface area contributed by atoms with Crippen LogP contribution >= 0.6 is 0 Å². The van der Waals surface area contributed by atoms with Crippen LogP contribution in [0.2, 0.25) is 0 Å². The first kappa shape index (κ1) is 9.84. The number of nitrogens with one attached hydrogen (secondary N) is 1. The Kier molecular flexibility index (Phi) is 2.40. The minimum Gasteiger partial charge on any atom is -0.382 e. The van der Waals surface area contributed by atoms with Gasteiger partial charge in [0.1, 0.15) is 11.6 Å². The second-order valence-corrected chi connectivity index (χ2v) is 4.72. The topological polar surface area (TPSA) is 67.1 Å². The summed E-state index contributed by atoms with van der Waals surface area (Å²) in [6.07, 6.45) is 5.91. The molecular weight excluding hydrogens is 202 g/mol. The molecule has 0 aliphatic carbocycles. The summed E-state index contributed by atoms with van der Waals surface area (Å²) in [7, 11) is 0. The Morgan fingerprint density at radius 1 is 1.31 bits per heavy atom. The Morgan fingerprint density at radius 2 is 2.12 bits per heavy atom. The summed E-state index contributed by atoms with van der Waals surface area (Å²) in [6.45, 7) is 3.64. The molecule has 0 aromatic carbocycles. The fourth-order valence-electron chi connectivity index (χ4n) is 2.77. The van der Waals surface area contributed by atoms with Crippen molar-refractivity contribution in [2.45, 2.75) is 18.9 Å². The lowest BCUT2D eigenvalue weighted by Gasteiger charge is -2.45. The van der Waals surface area contributed by atoms with Crippen LogP contribution in [0.5, 0.6) is 0 Å². The molecule has 0 spiro atoms. The number of hydrogen-bond donors (Lipinski definition) is 2. The van der Waals surface area contributed by atoms with E-state index in [0.717, 1.165) is 18.3 Å². The summed E-state index contributed by atoms with van der Waals surface area (Å²) in [4.78, 5) is 10.8. The normalized spacial score (nSPS) is 32.6. The lowest BCUT2D eigenvalue weighted by Crippen LogP contribution is -2.53. The molecule has 3 aliphatic rings. The highest BCUT2D eigenvalue weighted by Gasteiger charge is 2.34. The third-order valence-electron chi connectivity index (χ3n) is 3.64. The van der Waals surface area contributed by atoms with E-state index in [9.17, 15) is 0 Å². The first-order chi connectivity index (χ1) is 7.81. The molecule has 4 heterocycles. The van der Waals surface area contributed by atoms with Crippen molar-refractivity contribution in [1.29, 1.82) is 0 Å². The summed E-state index contributed by atoms with van der Waals surface area (Å²) in [6, 6.07) is 0.513. The molecule has 3 saturated heterocycles. The van der Waals surface area contributed by atoms with Gasteiger partial charge >= 0.3 is 0 Å². The number of hydrogen-bond acceptors (Lipinski definition) is 5. The Hall–Kier alpha value is -1.36. The molecule has 4 rings (SSSR count). The lowest BCUT2D eigenvalue weighted by atomic mass is 9.84. The van der Waals surface area contributed by atoms with E-state index in [2.05, 4.69) is 20.2 Å². The monoisotopic (exact) mass is 219 g/mol. The number of fused-ring (bicyclic) bond motifs is 3. The second kappa shape index (κ2) is 3.90. The largest absolute Gasteiger partial charge is 0.382 e. The van der Waals surface area contributed by atoms with Crippen molar-refractivity contribution < 1.29 is 0 Å². The molecule has 0 radical (unpaired) electrons. The molecule has 2 bridgehead atoms. The van der Waals surface area contributed by atoms with Crippen molar-refractivity contribution in [3.05, 3.63) is 12.4 Å². The lowest BCUT2D eigenvalue weighted by molar-refractivity contribution is 0.0974. The Labute approximate surface area is 95.1 Å². The summed E-state index contributed by atoms with van der Waals surface area (Å²) in [5, 5.41) is 3.46. The molecule has 1 aromatic rings. The van der Waals surface area contributed by atoms with Crippen LogP contribution in [0.25, 0.3) is 0 Å². The van der Waals surface area contributed by atoms with Gasteiger partial charge in [-0.05, 0) is 31.8 Å². The third kappa shape index (κ3) is 1.82. The maximum absolute atomic E-state index is 5.62. The standard InChI is InChI=1S/C11H17N5/c12-10-5-13-6-11(15-10)14-9-7-16-3-1-8(9)2-4-16/h5-6,8-9H,1-4,7H2,(H3,12,14,15). The van der Waals surface area contributed by atoms with Gasteiger partial charge in [0.25, 0.3) is 0 Å². The zero-order chi connectivity index (χ0) is 11.0. The SMILES string of the molecule is Nc1cncc(NC2CN3CCC2CC3)n1. The molecule has 16 heavy (non-hydrogen) atoms. The molecule has 1 aromatic heterocycles. The fourth-order valence-corrected chi connectivity index (χ4v) is 2.77. The van der Waals surface area contributed by atoms with Gasteiger partial charge < -0.3 is 16.0 Å². The highest BCUT2D eigenvalue weighted by Crippen LogP contribution is 2.29. The van der Waals surface area contributed by atoms with Gasteiger partial charge in [-0.3, -0.25) is 4.98 Å². The van der Waals surface area contributed by atoms with Crippen molar-refractivity contribution in [2.24, 2.45) is 5.92 Å². The molecule has 0 amide bonds. The molecule has 1 unspecified atom stereocenters. The molecule has 3 fully saturated rings.